The van der Waals surface area contributed by atoms with Crippen molar-refractivity contribution in [3.05, 3.63) is 62.8 Å². The fraction of sp³-hybridized carbons (Fsp3) is 0.0769. The Morgan fingerprint density at radius 2 is 1.82 bits per heavy atom. The van der Waals surface area contributed by atoms with Crippen molar-refractivity contribution in [2.45, 2.75) is 6.54 Å². The lowest BCUT2D eigenvalue weighted by Crippen LogP contribution is -1.99. The predicted octanol–water partition coefficient (Wildman–Crippen LogP) is 4.96. The molecular formula is C13H10Br2FN. The van der Waals surface area contributed by atoms with Crippen LogP contribution in [0.25, 0.3) is 0 Å². The summed E-state index contributed by atoms with van der Waals surface area (Å²) in [6.07, 6.45) is 0. The van der Waals surface area contributed by atoms with Gasteiger partial charge in [-0.1, -0.05) is 37.9 Å². The van der Waals surface area contributed by atoms with E-state index in [4.69, 9.17) is 0 Å². The van der Waals surface area contributed by atoms with Gasteiger partial charge < -0.3 is 5.32 Å². The molecule has 0 bridgehead atoms. The van der Waals surface area contributed by atoms with Crippen molar-refractivity contribution in [3.63, 3.8) is 0 Å². The standard InChI is InChI=1S/C13H10Br2FN/c14-10-2-1-3-13(7-10)17-8-9-4-11(15)6-12(16)5-9/h1-7,17H,8H2. The molecule has 0 saturated carbocycles. The second-order valence-electron chi connectivity index (χ2n) is 3.64. The van der Waals surface area contributed by atoms with Gasteiger partial charge >= 0.3 is 0 Å². The Balaban J connectivity index is 2.07. The van der Waals surface area contributed by atoms with Crippen molar-refractivity contribution in [2.75, 3.05) is 5.32 Å². The summed E-state index contributed by atoms with van der Waals surface area (Å²) in [6, 6.07) is 12.7. The Bertz CT molecular complexity index is 508. The normalized spacial score (nSPS) is 10.3. The number of nitrogens with one attached hydrogen (secondary N) is 1. The monoisotopic (exact) mass is 357 g/mol. The molecule has 1 N–H and O–H groups in total. The summed E-state index contributed by atoms with van der Waals surface area (Å²) in [4.78, 5) is 0. The lowest BCUT2D eigenvalue weighted by Gasteiger charge is -2.07. The van der Waals surface area contributed by atoms with Crippen LogP contribution in [-0.4, -0.2) is 0 Å². The van der Waals surface area contributed by atoms with Crippen molar-refractivity contribution in [3.8, 4) is 0 Å². The summed E-state index contributed by atoms with van der Waals surface area (Å²) in [6.45, 7) is 0.590. The second-order valence-corrected chi connectivity index (χ2v) is 5.47. The Hall–Kier alpha value is -0.870. The van der Waals surface area contributed by atoms with E-state index >= 15 is 0 Å². The molecule has 17 heavy (non-hydrogen) atoms. The van der Waals surface area contributed by atoms with Crippen LogP contribution in [-0.2, 0) is 6.54 Å². The Kier molecular flexibility index (Phi) is 4.18. The van der Waals surface area contributed by atoms with Crippen molar-refractivity contribution < 1.29 is 4.39 Å². The van der Waals surface area contributed by atoms with Crippen LogP contribution >= 0.6 is 31.9 Å². The summed E-state index contributed by atoms with van der Waals surface area (Å²) >= 11 is 6.68. The lowest BCUT2D eigenvalue weighted by molar-refractivity contribution is 0.625. The van der Waals surface area contributed by atoms with Crippen LogP contribution in [0.3, 0.4) is 0 Å². The van der Waals surface area contributed by atoms with Gasteiger partial charge in [0.25, 0.3) is 0 Å². The quantitative estimate of drug-likeness (QED) is 0.817. The first kappa shape index (κ1) is 12.6. The molecule has 0 radical (unpaired) electrons. The highest BCUT2D eigenvalue weighted by Crippen LogP contribution is 2.18. The highest BCUT2D eigenvalue weighted by atomic mass is 79.9. The van der Waals surface area contributed by atoms with Crippen LogP contribution in [0, 0.1) is 5.82 Å². The SMILES string of the molecule is Fc1cc(Br)cc(CNc2cccc(Br)c2)c1. The number of halogens is 3. The van der Waals surface area contributed by atoms with E-state index in [1.807, 2.05) is 30.3 Å². The zero-order valence-electron chi connectivity index (χ0n) is 8.88. The minimum absolute atomic E-state index is 0.231. The van der Waals surface area contributed by atoms with Gasteiger partial charge in [0.2, 0.25) is 0 Å². The number of anilines is 1. The van der Waals surface area contributed by atoms with Gasteiger partial charge in [-0.3, -0.25) is 0 Å². The fourth-order valence-corrected chi connectivity index (χ4v) is 2.43. The molecule has 0 fully saturated rings. The molecule has 1 nitrogen and oxygen atoms in total. The smallest absolute Gasteiger partial charge is 0.124 e. The van der Waals surface area contributed by atoms with Crippen LogP contribution in [0.5, 0.6) is 0 Å². The van der Waals surface area contributed by atoms with Crippen LogP contribution in [0.4, 0.5) is 10.1 Å². The van der Waals surface area contributed by atoms with E-state index in [-0.39, 0.29) is 5.82 Å². The molecule has 4 heteroatoms. The maximum Gasteiger partial charge on any atom is 0.124 e. The van der Waals surface area contributed by atoms with E-state index in [1.54, 1.807) is 0 Å². The summed E-state index contributed by atoms with van der Waals surface area (Å²) < 4.78 is 14.9. The van der Waals surface area contributed by atoms with Crippen LogP contribution < -0.4 is 5.32 Å². The second kappa shape index (κ2) is 5.65. The summed E-state index contributed by atoms with van der Waals surface area (Å²) in [5.74, 6) is -0.231. The topological polar surface area (TPSA) is 12.0 Å². The van der Waals surface area contributed by atoms with Crippen LogP contribution in [0.2, 0.25) is 0 Å². The third-order valence-electron chi connectivity index (χ3n) is 2.24. The molecule has 2 aromatic carbocycles. The lowest BCUT2D eigenvalue weighted by atomic mass is 10.2. The highest BCUT2D eigenvalue weighted by Gasteiger charge is 1.99. The van der Waals surface area contributed by atoms with Gasteiger partial charge in [-0.2, -0.15) is 0 Å². The maximum atomic E-state index is 13.2. The van der Waals surface area contributed by atoms with Gasteiger partial charge in [-0.15, -0.1) is 0 Å². The molecule has 2 aromatic rings. The predicted molar refractivity (Wildman–Crippen MR) is 75.6 cm³/mol. The van der Waals surface area contributed by atoms with Gasteiger partial charge in [0, 0.05) is 21.2 Å². The van der Waals surface area contributed by atoms with Crippen molar-refractivity contribution in [2.24, 2.45) is 0 Å². The molecule has 0 aliphatic heterocycles. The maximum absolute atomic E-state index is 13.2. The number of benzene rings is 2. The molecule has 0 atom stereocenters. The van der Waals surface area contributed by atoms with E-state index in [2.05, 4.69) is 37.2 Å². The molecule has 0 spiro atoms. The van der Waals surface area contributed by atoms with Crippen molar-refractivity contribution >= 4 is 37.5 Å². The minimum Gasteiger partial charge on any atom is -0.381 e. The fourth-order valence-electron chi connectivity index (χ4n) is 1.52. The van der Waals surface area contributed by atoms with Gasteiger partial charge in [-0.05, 0) is 42.0 Å². The van der Waals surface area contributed by atoms with Gasteiger partial charge in [0.1, 0.15) is 5.82 Å². The molecule has 0 heterocycles. The first-order valence-electron chi connectivity index (χ1n) is 5.08. The number of rotatable bonds is 3. The first-order valence-corrected chi connectivity index (χ1v) is 6.66. The number of hydrogen-bond acceptors (Lipinski definition) is 1. The van der Waals surface area contributed by atoms with E-state index in [1.165, 1.54) is 12.1 Å². The molecule has 0 unspecified atom stereocenters. The largest absolute Gasteiger partial charge is 0.381 e. The third-order valence-corrected chi connectivity index (χ3v) is 3.19. The molecule has 0 aliphatic rings. The zero-order valence-corrected chi connectivity index (χ0v) is 12.1. The van der Waals surface area contributed by atoms with Crippen molar-refractivity contribution in [1.29, 1.82) is 0 Å². The Morgan fingerprint density at radius 3 is 2.53 bits per heavy atom. The molecule has 0 aromatic heterocycles. The molecule has 88 valence electrons. The molecule has 2 rings (SSSR count). The van der Waals surface area contributed by atoms with Gasteiger partial charge in [0.05, 0.1) is 0 Å². The third kappa shape index (κ3) is 3.82. The van der Waals surface area contributed by atoms with E-state index in [0.717, 1.165) is 20.2 Å². The first-order chi connectivity index (χ1) is 8.13. The van der Waals surface area contributed by atoms with Crippen molar-refractivity contribution in [1.82, 2.24) is 0 Å². The van der Waals surface area contributed by atoms with Crippen LogP contribution in [0.15, 0.2) is 51.4 Å². The Morgan fingerprint density at radius 1 is 1.00 bits per heavy atom. The molecule has 0 saturated heterocycles. The molecule has 0 amide bonds. The zero-order chi connectivity index (χ0) is 12.3. The minimum atomic E-state index is -0.231. The summed E-state index contributed by atoms with van der Waals surface area (Å²) in [7, 11) is 0. The van der Waals surface area contributed by atoms with E-state index in [0.29, 0.717) is 6.54 Å². The summed E-state index contributed by atoms with van der Waals surface area (Å²) in [5.41, 5.74) is 1.90. The van der Waals surface area contributed by atoms with Crippen LogP contribution in [0.1, 0.15) is 5.56 Å². The van der Waals surface area contributed by atoms with E-state index < -0.39 is 0 Å². The average molecular weight is 359 g/mol. The molecular weight excluding hydrogens is 349 g/mol. The highest BCUT2D eigenvalue weighted by molar-refractivity contribution is 9.10. The van der Waals surface area contributed by atoms with E-state index in [9.17, 15) is 4.39 Å². The molecule has 0 aliphatic carbocycles. The summed E-state index contributed by atoms with van der Waals surface area (Å²) in [5, 5.41) is 3.24. The Labute approximate surface area is 116 Å². The van der Waals surface area contributed by atoms with Gasteiger partial charge in [0.15, 0.2) is 0 Å². The number of hydrogen-bond donors (Lipinski definition) is 1. The average Bonchev–Trinajstić information content (AvgIpc) is 2.25. The van der Waals surface area contributed by atoms with Gasteiger partial charge in [-0.25, -0.2) is 4.39 Å².